The highest BCUT2D eigenvalue weighted by atomic mass is 16.6. The number of hydrogen-bond acceptors (Lipinski definition) is 10. The number of benzene rings is 2. The molecular weight excluding hydrogens is 821 g/mol. The van der Waals surface area contributed by atoms with E-state index in [0.717, 1.165) is 0 Å². The minimum atomic E-state index is -0.976. The van der Waals surface area contributed by atoms with E-state index in [4.69, 9.17) is 14.2 Å². The second kappa shape index (κ2) is 25.4. The molecule has 2 aromatic carbocycles. The third-order valence-corrected chi connectivity index (χ3v) is 12.6. The fourth-order valence-corrected chi connectivity index (χ4v) is 8.70. The van der Waals surface area contributed by atoms with E-state index in [1.807, 2.05) is 45.9 Å². The molecule has 0 radical (unpaired) electrons. The Kier molecular flexibility index (Phi) is 21.2. The highest BCUT2D eigenvalue weighted by Crippen LogP contribution is 2.30. The Labute approximate surface area is 380 Å². The van der Waals surface area contributed by atoms with Gasteiger partial charge in [0.1, 0.15) is 18.7 Å². The summed E-state index contributed by atoms with van der Waals surface area (Å²) >= 11 is 0. The van der Waals surface area contributed by atoms with Crippen LogP contribution in [-0.4, -0.2) is 133 Å². The Morgan fingerprint density at radius 2 is 1.50 bits per heavy atom. The van der Waals surface area contributed by atoms with Crippen LogP contribution in [0.4, 0.5) is 10.5 Å². The van der Waals surface area contributed by atoms with E-state index < -0.39 is 66.4 Å². The lowest BCUT2D eigenvalue weighted by atomic mass is 9.89. The maximum absolute atomic E-state index is 14.5. The van der Waals surface area contributed by atoms with Crippen molar-refractivity contribution < 1.29 is 48.1 Å². The summed E-state index contributed by atoms with van der Waals surface area (Å²) in [4.78, 5) is 85.0. The fraction of sp³-hybridized carbons (Fsp3) is 0.625. The van der Waals surface area contributed by atoms with Crippen molar-refractivity contribution in [1.82, 2.24) is 25.3 Å². The van der Waals surface area contributed by atoms with Crippen LogP contribution in [0, 0.1) is 23.7 Å². The van der Waals surface area contributed by atoms with Gasteiger partial charge in [-0.25, -0.2) is 4.79 Å². The van der Waals surface area contributed by atoms with Gasteiger partial charge in [-0.15, -0.1) is 0 Å². The zero-order valence-electron chi connectivity index (χ0n) is 39.9. The highest BCUT2D eigenvalue weighted by molar-refractivity contribution is 5.92. The number of amides is 6. The third-order valence-electron chi connectivity index (χ3n) is 12.6. The summed E-state index contributed by atoms with van der Waals surface area (Å²) in [6.45, 7) is 15.2. The molecule has 4 N–H and O–H groups in total. The van der Waals surface area contributed by atoms with Gasteiger partial charge < -0.3 is 45.1 Å². The number of aliphatic hydroxyl groups is 1. The molecule has 2 unspecified atom stereocenters. The van der Waals surface area contributed by atoms with Crippen molar-refractivity contribution >= 4 is 41.8 Å². The van der Waals surface area contributed by atoms with E-state index in [2.05, 4.69) is 16.0 Å². The van der Waals surface area contributed by atoms with Crippen LogP contribution in [0.5, 0.6) is 0 Å². The quantitative estimate of drug-likeness (QED) is 0.102. The van der Waals surface area contributed by atoms with Crippen molar-refractivity contribution in [1.29, 1.82) is 0 Å². The van der Waals surface area contributed by atoms with Gasteiger partial charge in [0.15, 0.2) is 0 Å². The molecule has 1 aliphatic rings. The van der Waals surface area contributed by atoms with Crippen LogP contribution in [-0.2, 0) is 44.8 Å². The van der Waals surface area contributed by atoms with E-state index >= 15 is 0 Å². The Hall–Kier alpha value is -5.06. The summed E-state index contributed by atoms with van der Waals surface area (Å²) in [5.74, 6) is -2.83. The van der Waals surface area contributed by atoms with Crippen LogP contribution in [0.15, 0.2) is 54.6 Å². The molecule has 10 atom stereocenters. The number of likely N-dealkylation sites (tertiary alicyclic amines) is 1. The molecule has 16 heteroatoms. The van der Waals surface area contributed by atoms with E-state index in [9.17, 15) is 33.9 Å². The number of hydrogen-bond donors (Lipinski definition) is 4. The molecule has 0 bridgehead atoms. The van der Waals surface area contributed by atoms with Crippen molar-refractivity contribution in [2.45, 2.75) is 136 Å². The Bertz CT molecular complexity index is 1810. The molecule has 0 spiro atoms. The highest BCUT2D eigenvalue weighted by Gasteiger charge is 2.43. The lowest BCUT2D eigenvalue weighted by molar-refractivity contribution is -0.148. The van der Waals surface area contributed by atoms with E-state index in [0.29, 0.717) is 49.0 Å². The number of methoxy groups -OCH3 is 2. The molecule has 0 aromatic heterocycles. The number of nitrogens with one attached hydrogen (secondary N) is 3. The first-order chi connectivity index (χ1) is 30.3. The van der Waals surface area contributed by atoms with Gasteiger partial charge in [-0.05, 0) is 60.8 Å². The minimum Gasteiger partial charge on any atom is -0.445 e. The third kappa shape index (κ3) is 14.0. The SMILES string of the molecule is CC[C@H](C)[C@@H]([C@@H](CC(=O)N1CCC[C@H]1[C@H](OC)[C@@H](C)C(=O)N[C@H](C)[C@@H](O)c1ccccc1)OC)N(C)C(=O)C(NC(=O)C(C(C)C)N(C)C(=O)OCc1ccc(NC=O)cc1)C(C)C. The topological polar surface area (TPSA) is 196 Å². The van der Waals surface area contributed by atoms with Gasteiger partial charge in [0.05, 0.1) is 48.8 Å². The fourth-order valence-electron chi connectivity index (χ4n) is 8.70. The Morgan fingerprint density at radius 1 is 0.859 bits per heavy atom. The molecule has 2 aromatic rings. The van der Waals surface area contributed by atoms with Crippen LogP contribution in [0.25, 0.3) is 0 Å². The second-order valence-corrected chi connectivity index (χ2v) is 17.8. The summed E-state index contributed by atoms with van der Waals surface area (Å²) in [5, 5.41) is 19.3. The number of likely N-dealkylation sites (N-methyl/N-ethyl adjacent to an activating group) is 2. The molecule has 1 heterocycles. The Morgan fingerprint density at radius 3 is 2.05 bits per heavy atom. The summed E-state index contributed by atoms with van der Waals surface area (Å²) < 4.78 is 17.5. The molecule has 1 aliphatic heterocycles. The van der Waals surface area contributed by atoms with Gasteiger partial charge in [-0.2, -0.15) is 0 Å². The predicted octanol–water partition coefficient (Wildman–Crippen LogP) is 5.15. The average Bonchev–Trinajstić information content (AvgIpc) is 3.77. The number of aliphatic hydroxyl groups excluding tert-OH is 1. The van der Waals surface area contributed by atoms with Crippen molar-refractivity contribution in [3.8, 4) is 0 Å². The largest absolute Gasteiger partial charge is 0.445 e. The standard InChI is InChI=1S/C48H74N6O10/c1-13-31(6)42(38(62-11)26-39(56)54-25-17-20-37(54)44(63-12)32(7)45(58)50-33(8)43(57)35-18-15-14-16-19-35)52(9)47(60)40(29(2)3)51-46(59)41(30(4)5)53(10)48(61)64-27-34-21-23-36(24-22-34)49-28-55/h14-16,18-19,21-24,28-33,37-38,40-44,57H,13,17,20,25-27H2,1-12H3,(H,49,55)(H,50,58)(H,51,59)/t31-,32+,33+,37-,38+,40?,41?,42-,43+,44+/m0/s1. The summed E-state index contributed by atoms with van der Waals surface area (Å²) in [6.07, 6.45) is -0.436. The maximum atomic E-state index is 14.5. The second-order valence-electron chi connectivity index (χ2n) is 17.8. The van der Waals surface area contributed by atoms with Gasteiger partial charge in [0.25, 0.3) is 0 Å². The molecule has 6 amide bonds. The van der Waals surface area contributed by atoms with Crippen LogP contribution in [0.2, 0.25) is 0 Å². The van der Waals surface area contributed by atoms with E-state index in [1.165, 1.54) is 26.2 Å². The number of anilines is 1. The molecule has 1 saturated heterocycles. The number of carbonyl (C=O) groups excluding carboxylic acids is 6. The molecule has 0 aliphatic carbocycles. The van der Waals surface area contributed by atoms with E-state index in [1.54, 1.807) is 80.9 Å². The molecular formula is C48H74N6O10. The lowest BCUT2D eigenvalue weighted by Crippen LogP contribution is -2.60. The molecule has 356 valence electrons. The summed E-state index contributed by atoms with van der Waals surface area (Å²) in [6, 6.07) is 12.4. The van der Waals surface area contributed by atoms with Crippen LogP contribution >= 0.6 is 0 Å². The smallest absolute Gasteiger partial charge is 0.410 e. The number of ether oxygens (including phenoxy) is 3. The summed E-state index contributed by atoms with van der Waals surface area (Å²) in [5.41, 5.74) is 1.97. The van der Waals surface area contributed by atoms with Crippen molar-refractivity contribution in [3.05, 3.63) is 65.7 Å². The Balaban J connectivity index is 1.75. The molecule has 0 saturated carbocycles. The van der Waals surface area contributed by atoms with Crippen molar-refractivity contribution in [3.63, 3.8) is 0 Å². The predicted molar refractivity (Wildman–Crippen MR) is 245 cm³/mol. The van der Waals surface area contributed by atoms with Gasteiger partial charge in [0, 0.05) is 40.5 Å². The van der Waals surface area contributed by atoms with Crippen LogP contribution < -0.4 is 16.0 Å². The van der Waals surface area contributed by atoms with Crippen LogP contribution in [0.1, 0.15) is 98.3 Å². The maximum Gasteiger partial charge on any atom is 0.410 e. The number of carbonyl (C=O) groups is 6. The first-order valence-corrected chi connectivity index (χ1v) is 22.5. The first-order valence-electron chi connectivity index (χ1n) is 22.5. The lowest BCUT2D eigenvalue weighted by Gasteiger charge is -2.41. The van der Waals surface area contributed by atoms with Gasteiger partial charge >= 0.3 is 6.09 Å². The molecule has 1 fully saturated rings. The monoisotopic (exact) mass is 895 g/mol. The number of nitrogens with zero attached hydrogens (tertiary/aromatic N) is 3. The zero-order valence-corrected chi connectivity index (χ0v) is 39.9. The number of rotatable bonds is 24. The minimum absolute atomic E-state index is 0.0439. The van der Waals surface area contributed by atoms with E-state index in [-0.39, 0.29) is 48.5 Å². The van der Waals surface area contributed by atoms with Gasteiger partial charge in [-0.1, -0.05) is 97.4 Å². The summed E-state index contributed by atoms with van der Waals surface area (Å²) in [7, 11) is 6.20. The van der Waals surface area contributed by atoms with Gasteiger partial charge in [0.2, 0.25) is 30.0 Å². The first kappa shape index (κ1) is 53.3. The van der Waals surface area contributed by atoms with Crippen LogP contribution in [0.3, 0.4) is 0 Å². The average molecular weight is 895 g/mol. The van der Waals surface area contributed by atoms with Crippen molar-refractivity contribution in [2.24, 2.45) is 23.7 Å². The molecule has 3 rings (SSSR count). The van der Waals surface area contributed by atoms with Crippen molar-refractivity contribution in [2.75, 3.05) is 40.2 Å². The normalized spacial score (nSPS) is 18.1. The molecule has 64 heavy (non-hydrogen) atoms. The zero-order chi connectivity index (χ0) is 47.8. The molecule has 16 nitrogen and oxygen atoms in total. The van der Waals surface area contributed by atoms with Gasteiger partial charge in [-0.3, -0.25) is 28.9 Å².